The molecule has 2 aromatic rings. The largest absolute Gasteiger partial charge is 0.363 e. The van der Waals surface area contributed by atoms with Gasteiger partial charge in [-0.05, 0) is 12.5 Å². The van der Waals surface area contributed by atoms with Gasteiger partial charge in [0.15, 0.2) is 5.60 Å². The molecule has 0 spiro atoms. The van der Waals surface area contributed by atoms with Crippen molar-refractivity contribution in [1.82, 2.24) is 20.0 Å². The molecule has 1 aliphatic rings. The van der Waals surface area contributed by atoms with Gasteiger partial charge in [0.1, 0.15) is 0 Å². The molecule has 6 nitrogen and oxygen atoms in total. The molecule has 0 unspecified atom stereocenters. The van der Waals surface area contributed by atoms with E-state index in [1.807, 2.05) is 31.3 Å². The van der Waals surface area contributed by atoms with E-state index in [0.29, 0.717) is 13.2 Å². The number of likely N-dealkylation sites (N-methyl/N-ethyl adjacent to an activating group) is 1. The Morgan fingerprint density at radius 1 is 1.38 bits per heavy atom. The number of carbonyl (C=O) groups excluding carboxylic acids is 1. The summed E-state index contributed by atoms with van der Waals surface area (Å²) in [6.45, 7) is 4.53. The number of nitrogens with one attached hydrogen (secondary N) is 1. The van der Waals surface area contributed by atoms with Crippen molar-refractivity contribution in [2.75, 3.05) is 33.8 Å². The minimum atomic E-state index is -0.793. The fourth-order valence-corrected chi connectivity index (χ4v) is 3.22. The molecule has 2 heterocycles. The molecule has 1 aliphatic heterocycles. The number of hydrogen-bond donors (Lipinski definition) is 1. The van der Waals surface area contributed by atoms with Crippen molar-refractivity contribution in [2.24, 2.45) is 0 Å². The predicted octanol–water partition coefficient (Wildman–Crippen LogP) is 1.76. The molecule has 128 valence electrons. The third-order valence-corrected chi connectivity index (χ3v) is 4.39. The molecule has 0 radical (unpaired) electrons. The SMILES string of the molecule is CN(C)C(=O)[C@]1(C)CN(Cc2cn[nH]c2-c2ccccc2)CCO1. The highest BCUT2D eigenvalue weighted by Gasteiger charge is 2.40. The number of nitrogens with zero attached hydrogens (tertiary/aromatic N) is 3. The second-order valence-electron chi connectivity index (χ2n) is 6.63. The summed E-state index contributed by atoms with van der Waals surface area (Å²) in [5, 5.41) is 7.30. The predicted molar refractivity (Wildman–Crippen MR) is 92.4 cm³/mol. The fraction of sp³-hybridized carbons (Fsp3) is 0.444. The molecule has 24 heavy (non-hydrogen) atoms. The Morgan fingerprint density at radius 3 is 2.83 bits per heavy atom. The Balaban J connectivity index is 1.76. The van der Waals surface area contributed by atoms with Crippen LogP contribution in [0.1, 0.15) is 12.5 Å². The summed E-state index contributed by atoms with van der Waals surface area (Å²) in [4.78, 5) is 16.3. The third-order valence-electron chi connectivity index (χ3n) is 4.39. The van der Waals surface area contributed by atoms with Gasteiger partial charge in [0, 0.05) is 39.3 Å². The quantitative estimate of drug-likeness (QED) is 0.929. The number of rotatable bonds is 4. The van der Waals surface area contributed by atoms with E-state index in [9.17, 15) is 4.79 Å². The summed E-state index contributed by atoms with van der Waals surface area (Å²) in [6.07, 6.45) is 1.86. The van der Waals surface area contributed by atoms with Gasteiger partial charge >= 0.3 is 0 Å². The average Bonchev–Trinajstić information content (AvgIpc) is 3.03. The Labute approximate surface area is 142 Å². The van der Waals surface area contributed by atoms with Crippen LogP contribution in [-0.2, 0) is 16.1 Å². The van der Waals surface area contributed by atoms with Gasteiger partial charge in [-0.1, -0.05) is 30.3 Å². The number of benzene rings is 1. The van der Waals surface area contributed by atoms with Crippen molar-refractivity contribution in [3.05, 3.63) is 42.1 Å². The second-order valence-corrected chi connectivity index (χ2v) is 6.63. The van der Waals surface area contributed by atoms with Gasteiger partial charge in [0.05, 0.1) is 18.5 Å². The van der Waals surface area contributed by atoms with Crippen LogP contribution in [0.3, 0.4) is 0 Å². The summed E-state index contributed by atoms with van der Waals surface area (Å²) in [5.41, 5.74) is 2.48. The highest BCUT2D eigenvalue weighted by atomic mass is 16.5. The Hall–Kier alpha value is -2.18. The van der Waals surface area contributed by atoms with E-state index in [1.54, 1.807) is 19.0 Å². The standard InChI is InChI=1S/C18H24N4O2/c1-18(17(23)21(2)3)13-22(9-10-24-18)12-15-11-19-20-16(15)14-7-5-4-6-8-14/h4-8,11H,9-10,12-13H2,1-3H3,(H,19,20)/t18-/m0/s1. The smallest absolute Gasteiger partial charge is 0.255 e. The number of aromatic nitrogens is 2. The zero-order valence-corrected chi connectivity index (χ0v) is 14.5. The maximum atomic E-state index is 12.4. The van der Waals surface area contributed by atoms with E-state index < -0.39 is 5.60 Å². The van der Waals surface area contributed by atoms with Crippen molar-refractivity contribution in [3.63, 3.8) is 0 Å². The van der Waals surface area contributed by atoms with Crippen molar-refractivity contribution in [3.8, 4) is 11.3 Å². The number of aromatic amines is 1. The highest BCUT2D eigenvalue weighted by Crippen LogP contribution is 2.25. The van der Waals surface area contributed by atoms with E-state index in [4.69, 9.17) is 4.74 Å². The molecule has 0 bridgehead atoms. The molecule has 1 fully saturated rings. The van der Waals surface area contributed by atoms with Crippen molar-refractivity contribution >= 4 is 5.91 Å². The molecule has 1 atom stereocenters. The first kappa shape index (κ1) is 16.7. The van der Waals surface area contributed by atoms with E-state index in [1.165, 1.54) is 0 Å². The van der Waals surface area contributed by atoms with Crippen LogP contribution >= 0.6 is 0 Å². The molecular weight excluding hydrogens is 304 g/mol. The monoisotopic (exact) mass is 328 g/mol. The van der Waals surface area contributed by atoms with Crippen LogP contribution in [0.2, 0.25) is 0 Å². The van der Waals surface area contributed by atoms with Gasteiger partial charge in [-0.25, -0.2) is 0 Å². The summed E-state index contributed by atoms with van der Waals surface area (Å²) in [5.74, 6) is 0.00248. The molecule has 0 aliphatic carbocycles. The maximum Gasteiger partial charge on any atom is 0.255 e. The molecule has 1 N–H and O–H groups in total. The average molecular weight is 328 g/mol. The van der Waals surface area contributed by atoms with Gasteiger partial charge in [-0.15, -0.1) is 0 Å². The van der Waals surface area contributed by atoms with Gasteiger partial charge in [-0.2, -0.15) is 5.10 Å². The van der Waals surface area contributed by atoms with Crippen molar-refractivity contribution in [1.29, 1.82) is 0 Å². The number of morpholine rings is 1. The first-order valence-electron chi connectivity index (χ1n) is 8.15. The lowest BCUT2D eigenvalue weighted by Crippen LogP contribution is -2.57. The molecule has 1 amide bonds. The van der Waals surface area contributed by atoms with Gasteiger partial charge in [0.2, 0.25) is 0 Å². The molecular formula is C18H24N4O2. The minimum Gasteiger partial charge on any atom is -0.363 e. The number of carbonyl (C=O) groups is 1. The topological polar surface area (TPSA) is 61.5 Å². The van der Waals surface area contributed by atoms with Gasteiger partial charge in [-0.3, -0.25) is 14.8 Å². The second kappa shape index (κ2) is 6.75. The zero-order valence-electron chi connectivity index (χ0n) is 14.5. The maximum absolute atomic E-state index is 12.4. The number of H-pyrrole nitrogens is 1. The lowest BCUT2D eigenvalue weighted by molar-refractivity contribution is -0.165. The number of amides is 1. The first-order chi connectivity index (χ1) is 11.5. The van der Waals surface area contributed by atoms with E-state index in [2.05, 4.69) is 27.2 Å². The molecule has 1 aromatic carbocycles. The summed E-state index contributed by atoms with van der Waals surface area (Å²) in [7, 11) is 3.53. The van der Waals surface area contributed by atoms with Crippen LogP contribution in [-0.4, -0.2) is 65.3 Å². The zero-order chi connectivity index (χ0) is 17.2. The van der Waals surface area contributed by atoms with Crippen molar-refractivity contribution < 1.29 is 9.53 Å². The van der Waals surface area contributed by atoms with Crippen LogP contribution in [0, 0.1) is 0 Å². The minimum absolute atomic E-state index is 0.00248. The van der Waals surface area contributed by atoms with E-state index >= 15 is 0 Å². The lowest BCUT2D eigenvalue weighted by atomic mass is 10.0. The van der Waals surface area contributed by atoms with E-state index in [0.717, 1.165) is 29.9 Å². The van der Waals surface area contributed by atoms with Crippen LogP contribution in [0.5, 0.6) is 0 Å². The summed E-state index contributed by atoms with van der Waals surface area (Å²) < 4.78 is 5.80. The number of hydrogen-bond acceptors (Lipinski definition) is 4. The van der Waals surface area contributed by atoms with Crippen LogP contribution in [0.15, 0.2) is 36.5 Å². The number of ether oxygens (including phenoxy) is 1. The highest BCUT2D eigenvalue weighted by molar-refractivity contribution is 5.84. The van der Waals surface area contributed by atoms with Gasteiger partial charge in [0.25, 0.3) is 5.91 Å². The lowest BCUT2D eigenvalue weighted by Gasteiger charge is -2.40. The molecule has 1 aromatic heterocycles. The van der Waals surface area contributed by atoms with Crippen LogP contribution < -0.4 is 0 Å². The Kier molecular flexibility index (Phi) is 4.69. The Morgan fingerprint density at radius 2 is 2.12 bits per heavy atom. The van der Waals surface area contributed by atoms with Crippen LogP contribution in [0.25, 0.3) is 11.3 Å². The fourth-order valence-electron chi connectivity index (χ4n) is 3.22. The summed E-state index contributed by atoms with van der Waals surface area (Å²) >= 11 is 0. The molecule has 3 rings (SSSR count). The van der Waals surface area contributed by atoms with Gasteiger partial charge < -0.3 is 9.64 Å². The summed E-state index contributed by atoms with van der Waals surface area (Å²) in [6, 6.07) is 10.2. The van der Waals surface area contributed by atoms with Crippen molar-refractivity contribution in [2.45, 2.75) is 19.1 Å². The van der Waals surface area contributed by atoms with E-state index in [-0.39, 0.29) is 5.91 Å². The molecule has 6 heteroatoms. The molecule has 1 saturated heterocycles. The van der Waals surface area contributed by atoms with Crippen LogP contribution in [0.4, 0.5) is 0 Å². The molecule has 0 saturated carbocycles. The normalized spacial score (nSPS) is 21.6. The Bertz CT molecular complexity index is 698. The first-order valence-corrected chi connectivity index (χ1v) is 8.15. The third kappa shape index (κ3) is 3.34.